The van der Waals surface area contributed by atoms with Crippen molar-refractivity contribution in [1.29, 1.82) is 0 Å². The van der Waals surface area contributed by atoms with E-state index in [1.807, 2.05) is 26.0 Å². The third kappa shape index (κ3) is 3.33. The van der Waals surface area contributed by atoms with E-state index in [1.165, 1.54) is 0 Å². The molecule has 8 heteroatoms. The lowest BCUT2D eigenvalue weighted by atomic mass is 9.97. The van der Waals surface area contributed by atoms with Crippen LogP contribution in [0.4, 0.5) is 0 Å². The first-order chi connectivity index (χ1) is 11.5. The minimum absolute atomic E-state index is 0.0766. The van der Waals surface area contributed by atoms with Gasteiger partial charge in [0, 0.05) is 32.1 Å². The molecule has 1 unspecified atom stereocenters. The van der Waals surface area contributed by atoms with Gasteiger partial charge in [0.1, 0.15) is 17.4 Å². The summed E-state index contributed by atoms with van der Waals surface area (Å²) in [6, 6.07) is 1.68. The number of hydrogen-bond acceptors (Lipinski definition) is 6. The van der Waals surface area contributed by atoms with Gasteiger partial charge in [0.2, 0.25) is 0 Å². The maximum Gasteiger partial charge on any atom is 0.276 e. The first-order valence-electron chi connectivity index (χ1n) is 8.21. The van der Waals surface area contributed by atoms with Gasteiger partial charge in [-0.05, 0) is 33.9 Å². The Morgan fingerprint density at radius 3 is 2.88 bits per heavy atom. The Kier molecular flexibility index (Phi) is 4.66. The van der Waals surface area contributed by atoms with Gasteiger partial charge in [0.25, 0.3) is 5.91 Å². The van der Waals surface area contributed by atoms with Crippen molar-refractivity contribution < 1.29 is 9.32 Å². The summed E-state index contributed by atoms with van der Waals surface area (Å²) < 4.78 is 7.07. The van der Waals surface area contributed by atoms with Crippen LogP contribution in [-0.2, 0) is 13.6 Å². The fourth-order valence-corrected chi connectivity index (χ4v) is 3.15. The van der Waals surface area contributed by atoms with Gasteiger partial charge in [-0.3, -0.25) is 4.79 Å². The molecule has 0 saturated carbocycles. The molecule has 0 spiro atoms. The van der Waals surface area contributed by atoms with Gasteiger partial charge in [-0.15, -0.1) is 10.2 Å². The maximum absolute atomic E-state index is 12.6. The minimum Gasteiger partial charge on any atom is -0.361 e. The number of carbonyl (C=O) groups is 1. The van der Waals surface area contributed by atoms with Gasteiger partial charge in [-0.2, -0.15) is 0 Å². The third-order valence-corrected chi connectivity index (χ3v) is 4.38. The Balaban J connectivity index is 1.74. The molecule has 130 valence electrons. The molecule has 0 bridgehead atoms. The molecule has 1 atom stereocenters. The third-order valence-electron chi connectivity index (χ3n) is 4.38. The van der Waals surface area contributed by atoms with Gasteiger partial charge in [0.15, 0.2) is 5.69 Å². The highest BCUT2D eigenvalue weighted by Crippen LogP contribution is 2.26. The van der Waals surface area contributed by atoms with E-state index in [0.717, 1.165) is 37.6 Å². The van der Waals surface area contributed by atoms with Crippen molar-refractivity contribution in [2.75, 3.05) is 27.2 Å². The largest absolute Gasteiger partial charge is 0.361 e. The number of carbonyl (C=O) groups excluding carboxylic acids is 1. The van der Waals surface area contributed by atoms with Crippen LogP contribution in [-0.4, -0.2) is 62.8 Å². The molecule has 0 aliphatic carbocycles. The molecule has 0 aromatic carbocycles. The zero-order valence-corrected chi connectivity index (χ0v) is 14.7. The Morgan fingerprint density at radius 1 is 1.42 bits per heavy atom. The highest BCUT2D eigenvalue weighted by molar-refractivity contribution is 5.92. The Morgan fingerprint density at radius 2 is 2.21 bits per heavy atom. The van der Waals surface area contributed by atoms with E-state index in [0.29, 0.717) is 18.0 Å². The zero-order chi connectivity index (χ0) is 17.3. The van der Waals surface area contributed by atoms with E-state index >= 15 is 0 Å². The number of aromatic nitrogens is 4. The van der Waals surface area contributed by atoms with Crippen LogP contribution in [0.2, 0.25) is 0 Å². The number of piperidine rings is 1. The molecular weight excluding hydrogens is 308 g/mol. The lowest BCUT2D eigenvalue weighted by Crippen LogP contribution is -2.39. The summed E-state index contributed by atoms with van der Waals surface area (Å²) in [6.07, 6.45) is 1.96. The minimum atomic E-state index is -0.0766. The highest BCUT2D eigenvalue weighted by Gasteiger charge is 2.30. The summed E-state index contributed by atoms with van der Waals surface area (Å²) in [7, 11) is 6.01. The SMILES string of the molecule is Cc1cc(C(=O)N2CCCC(c3nnc(CN(C)C)n3C)C2)no1. The van der Waals surface area contributed by atoms with Crippen LogP contribution < -0.4 is 0 Å². The molecule has 0 radical (unpaired) electrons. The molecule has 1 fully saturated rings. The number of likely N-dealkylation sites (tertiary alicyclic amines) is 1. The van der Waals surface area contributed by atoms with Crippen molar-refractivity contribution in [2.24, 2.45) is 7.05 Å². The van der Waals surface area contributed by atoms with E-state index < -0.39 is 0 Å². The van der Waals surface area contributed by atoms with E-state index in [2.05, 4.69) is 24.8 Å². The number of amides is 1. The van der Waals surface area contributed by atoms with E-state index in [1.54, 1.807) is 13.0 Å². The second-order valence-corrected chi connectivity index (χ2v) is 6.68. The normalized spacial score (nSPS) is 18.4. The molecule has 2 aromatic rings. The number of rotatable bonds is 4. The molecule has 3 heterocycles. The smallest absolute Gasteiger partial charge is 0.276 e. The van der Waals surface area contributed by atoms with Gasteiger partial charge < -0.3 is 18.9 Å². The summed E-state index contributed by atoms with van der Waals surface area (Å²) in [5.74, 6) is 2.65. The fourth-order valence-electron chi connectivity index (χ4n) is 3.15. The Labute approximate surface area is 141 Å². The molecule has 1 amide bonds. The molecule has 8 nitrogen and oxygen atoms in total. The summed E-state index contributed by atoms with van der Waals surface area (Å²) in [5.41, 5.74) is 0.374. The number of nitrogens with zero attached hydrogens (tertiary/aromatic N) is 6. The predicted octanol–water partition coefficient (Wildman–Crippen LogP) is 1.19. The summed E-state index contributed by atoms with van der Waals surface area (Å²) in [6.45, 7) is 3.91. The average molecular weight is 332 g/mol. The van der Waals surface area contributed by atoms with Gasteiger partial charge >= 0.3 is 0 Å². The summed E-state index contributed by atoms with van der Waals surface area (Å²) in [5, 5.41) is 12.5. The fraction of sp³-hybridized carbons (Fsp3) is 0.625. The highest BCUT2D eigenvalue weighted by atomic mass is 16.5. The maximum atomic E-state index is 12.6. The number of aryl methyl sites for hydroxylation is 1. The summed E-state index contributed by atoms with van der Waals surface area (Å²) >= 11 is 0. The molecule has 1 aliphatic rings. The monoisotopic (exact) mass is 332 g/mol. The van der Waals surface area contributed by atoms with Crippen LogP contribution >= 0.6 is 0 Å². The lowest BCUT2D eigenvalue weighted by Gasteiger charge is -2.31. The zero-order valence-electron chi connectivity index (χ0n) is 14.7. The van der Waals surface area contributed by atoms with E-state index in [4.69, 9.17) is 4.52 Å². The lowest BCUT2D eigenvalue weighted by molar-refractivity contribution is 0.0693. The Hall–Kier alpha value is -2.22. The molecule has 24 heavy (non-hydrogen) atoms. The van der Waals surface area contributed by atoms with Crippen molar-refractivity contribution in [1.82, 2.24) is 29.7 Å². The van der Waals surface area contributed by atoms with Crippen LogP contribution in [0.3, 0.4) is 0 Å². The van der Waals surface area contributed by atoms with Crippen LogP contribution in [0.5, 0.6) is 0 Å². The molecule has 2 aromatic heterocycles. The second-order valence-electron chi connectivity index (χ2n) is 6.68. The van der Waals surface area contributed by atoms with Crippen molar-refractivity contribution >= 4 is 5.91 Å². The van der Waals surface area contributed by atoms with Crippen LogP contribution in [0.1, 0.15) is 46.7 Å². The molecule has 1 aliphatic heterocycles. The Bertz CT molecular complexity index is 720. The average Bonchev–Trinajstić information content (AvgIpc) is 3.13. The van der Waals surface area contributed by atoms with Gasteiger partial charge in [-0.1, -0.05) is 5.16 Å². The van der Waals surface area contributed by atoms with Crippen molar-refractivity contribution in [3.8, 4) is 0 Å². The first-order valence-corrected chi connectivity index (χ1v) is 8.21. The first kappa shape index (κ1) is 16.6. The molecule has 0 N–H and O–H groups in total. The van der Waals surface area contributed by atoms with Crippen molar-refractivity contribution in [3.63, 3.8) is 0 Å². The van der Waals surface area contributed by atoms with Gasteiger partial charge in [0.05, 0.1) is 6.54 Å². The topological polar surface area (TPSA) is 80.3 Å². The standard InChI is InChI=1S/C16H24N6O2/c1-11-8-13(19-24-11)16(23)22-7-5-6-12(9-22)15-18-17-14(21(15)4)10-20(2)3/h8,12H,5-7,9-10H2,1-4H3. The second kappa shape index (κ2) is 6.72. The molecule has 3 rings (SSSR count). The van der Waals surface area contributed by atoms with Gasteiger partial charge in [-0.25, -0.2) is 0 Å². The van der Waals surface area contributed by atoms with E-state index in [-0.39, 0.29) is 11.8 Å². The summed E-state index contributed by atoms with van der Waals surface area (Å²) in [4.78, 5) is 16.5. The van der Waals surface area contributed by atoms with Crippen LogP contribution in [0.15, 0.2) is 10.6 Å². The molecule has 1 saturated heterocycles. The van der Waals surface area contributed by atoms with Crippen LogP contribution in [0, 0.1) is 6.92 Å². The number of hydrogen-bond donors (Lipinski definition) is 0. The molecular formula is C16H24N6O2. The van der Waals surface area contributed by atoms with Crippen molar-refractivity contribution in [3.05, 3.63) is 29.2 Å². The van der Waals surface area contributed by atoms with Crippen molar-refractivity contribution in [2.45, 2.75) is 32.2 Å². The predicted molar refractivity (Wildman–Crippen MR) is 87.5 cm³/mol. The van der Waals surface area contributed by atoms with E-state index in [9.17, 15) is 4.79 Å². The van der Waals surface area contributed by atoms with Crippen LogP contribution in [0.25, 0.3) is 0 Å². The quantitative estimate of drug-likeness (QED) is 0.837.